The zero-order valence-corrected chi connectivity index (χ0v) is 12.2. The van der Waals surface area contributed by atoms with Gasteiger partial charge in [-0.2, -0.15) is 0 Å². The lowest BCUT2D eigenvalue weighted by molar-refractivity contribution is 0.598. The van der Waals surface area contributed by atoms with Crippen molar-refractivity contribution in [1.82, 2.24) is 4.98 Å². The molecule has 0 saturated carbocycles. The Kier molecular flexibility index (Phi) is 4.25. The van der Waals surface area contributed by atoms with Crippen LogP contribution in [-0.2, 0) is 16.4 Å². The van der Waals surface area contributed by atoms with Gasteiger partial charge in [0.05, 0.1) is 11.9 Å². The van der Waals surface area contributed by atoms with Crippen LogP contribution in [0.5, 0.6) is 0 Å². The first-order valence-electron chi connectivity index (χ1n) is 5.70. The second-order valence-electron chi connectivity index (χ2n) is 4.25. The van der Waals surface area contributed by atoms with Crippen LogP contribution in [-0.4, -0.2) is 19.7 Å². The molecule has 0 spiro atoms. The Morgan fingerprint density at radius 1 is 1.30 bits per heavy atom. The SMILES string of the molecule is CS(=O)(=O)c1ccc(NCc2cc(Cl)ccc2F)cn1. The summed E-state index contributed by atoms with van der Waals surface area (Å²) in [5.41, 5.74) is 1.02. The second-order valence-corrected chi connectivity index (χ2v) is 6.65. The molecule has 2 aromatic rings. The summed E-state index contributed by atoms with van der Waals surface area (Å²) in [6.45, 7) is 0.228. The van der Waals surface area contributed by atoms with E-state index >= 15 is 0 Å². The normalized spacial score (nSPS) is 11.3. The minimum absolute atomic E-state index is 0.00279. The molecule has 0 saturated heterocycles. The molecule has 1 aromatic heterocycles. The van der Waals surface area contributed by atoms with Crippen LogP contribution in [0.15, 0.2) is 41.6 Å². The maximum absolute atomic E-state index is 13.5. The maximum atomic E-state index is 13.5. The van der Waals surface area contributed by atoms with Crippen LogP contribution < -0.4 is 5.32 Å². The van der Waals surface area contributed by atoms with Gasteiger partial charge in [-0.1, -0.05) is 11.6 Å². The number of benzene rings is 1. The average Bonchev–Trinajstić information content (AvgIpc) is 2.39. The lowest BCUT2D eigenvalue weighted by atomic mass is 10.2. The predicted molar refractivity (Wildman–Crippen MR) is 76.1 cm³/mol. The Morgan fingerprint density at radius 3 is 2.65 bits per heavy atom. The van der Waals surface area contributed by atoms with Gasteiger partial charge >= 0.3 is 0 Å². The third-order valence-corrected chi connectivity index (χ3v) is 3.84. The largest absolute Gasteiger partial charge is 0.380 e. The van der Waals surface area contributed by atoms with E-state index in [9.17, 15) is 12.8 Å². The molecule has 1 heterocycles. The first-order valence-corrected chi connectivity index (χ1v) is 7.97. The Labute approximate surface area is 121 Å². The first kappa shape index (κ1) is 14.7. The maximum Gasteiger partial charge on any atom is 0.192 e. The van der Waals surface area contributed by atoms with E-state index in [1.165, 1.54) is 30.5 Å². The smallest absolute Gasteiger partial charge is 0.192 e. The van der Waals surface area contributed by atoms with E-state index in [-0.39, 0.29) is 17.4 Å². The summed E-state index contributed by atoms with van der Waals surface area (Å²) in [7, 11) is -3.32. The van der Waals surface area contributed by atoms with Gasteiger partial charge in [0.25, 0.3) is 0 Å². The van der Waals surface area contributed by atoms with Crippen molar-refractivity contribution in [2.45, 2.75) is 11.6 Å². The van der Waals surface area contributed by atoms with Crippen LogP contribution in [0.25, 0.3) is 0 Å². The number of nitrogens with one attached hydrogen (secondary N) is 1. The molecule has 0 radical (unpaired) electrons. The van der Waals surface area contributed by atoms with Gasteiger partial charge in [-0.3, -0.25) is 0 Å². The van der Waals surface area contributed by atoms with E-state index in [1.54, 1.807) is 6.07 Å². The number of hydrogen-bond donors (Lipinski definition) is 1. The van der Waals surface area contributed by atoms with Gasteiger partial charge < -0.3 is 5.32 Å². The molecule has 0 atom stereocenters. The number of halogens is 2. The van der Waals surface area contributed by atoms with Crippen LogP contribution in [0.4, 0.5) is 10.1 Å². The summed E-state index contributed by atoms with van der Waals surface area (Å²) >= 11 is 5.80. The standard InChI is InChI=1S/C13H12ClFN2O2S/c1-20(18,19)13-5-3-11(8-17-13)16-7-9-6-10(14)2-4-12(9)15/h2-6,8,16H,7H2,1H3. The summed E-state index contributed by atoms with van der Waals surface area (Å²) in [5, 5.41) is 3.40. The topological polar surface area (TPSA) is 59.1 Å². The highest BCUT2D eigenvalue weighted by atomic mass is 35.5. The van der Waals surface area contributed by atoms with Crippen molar-refractivity contribution in [3.63, 3.8) is 0 Å². The number of sulfone groups is 1. The molecule has 0 aliphatic heterocycles. The van der Waals surface area contributed by atoms with Crippen molar-refractivity contribution >= 4 is 27.1 Å². The van der Waals surface area contributed by atoms with Crippen molar-refractivity contribution in [3.8, 4) is 0 Å². The minimum Gasteiger partial charge on any atom is -0.380 e. The highest BCUT2D eigenvalue weighted by molar-refractivity contribution is 7.90. The van der Waals surface area contributed by atoms with E-state index in [2.05, 4.69) is 10.3 Å². The van der Waals surface area contributed by atoms with Crippen LogP contribution in [0.1, 0.15) is 5.56 Å². The average molecular weight is 315 g/mol. The predicted octanol–water partition coefficient (Wildman–Crippen LogP) is 2.89. The molecule has 4 nitrogen and oxygen atoms in total. The van der Waals surface area contributed by atoms with Crippen molar-refractivity contribution in [1.29, 1.82) is 0 Å². The summed E-state index contributed by atoms with van der Waals surface area (Å²) in [4.78, 5) is 3.83. The molecule has 0 aliphatic carbocycles. The molecule has 7 heteroatoms. The van der Waals surface area contributed by atoms with Crippen molar-refractivity contribution in [2.24, 2.45) is 0 Å². The molecule has 1 aromatic carbocycles. The van der Waals surface area contributed by atoms with Crippen molar-refractivity contribution < 1.29 is 12.8 Å². The summed E-state index contributed by atoms with van der Waals surface area (Å²) < 4.78 is 36.0. The van der Waals surface area contributed by atoms with Gasteiger partial charge in [-0.15, -0.1) is 0 Å². The van der Waals surface area contributed by atoms with Gasteiger partial charge in [0, 0.05) is 23.4 Å². The number of nitrogens with zero attached hydrogens (tertiary/aromatic N) is 1. The zero-order valence-electron chi connectivity index (χ0n) is 10.6. The molecule has 1 N–H and O–H groups in total. The number of anilines is 1. The first-order chi connectivity index (χ1) is 9.36. The quantitative estimate of drug-likeness (QED) is 0.942. The number of pyridine rings is 1. The second kappa shape index (κ2) is 5.76. The molecule has 106 valence electrons. The van der Waals surface area contributed by atoms with Gasteiger partial charge in [0.1, 0.15) is 5.82 Å². The van der Waals surface area contributed by atoms with Crippen LogP contribution in [0.3, 0.4) is 0 Å². The lowest BCUT2D eigenvalue weighted by Gasteiger charge is -2.08. The third kappa shape index (κ3) is 3.68. The Balaban J connectivity index is 2.10. The Morgan fingerprint density at radius 2 is 2.05 bits per heavy atom. The summed E-state index contributed by atoms with van der Waals surface area (Å²) in [6, 6.07) is 7.27. The minimum atomic E-state index is -3.32. The summed E-state index contributed by atoms with van der Waals surface area (Å²) in [5.74, 6) is -0.359. The van der Waals surface area contributed by atoms with Crippen molar-refractivity contribution in [3.05, 3.63) is 52.9 Å². The van der Waals surface area contributed by atoms with Gasteiger partial charge in [0.2, 0.25) is 0 Å². The molecular formula is C13H12ClFN2O2S. The molecule has 0 unspecified atom stereocenters. The van der Waals surface area contributed by atoms with E-state index < -0.39 is 9.84 Å². The number of hydrogen-bond acceptors (Lipinski definition) is 4. The van der Waals surface area contributed by atoms with Crippen LogP contribution in [0, 0.1) is 5.82 Å². The lowest BCUT2D eigenvalue weighted by Crippen LogP contribution is -2.04. The fraction of sp³-hybridized carbons (Fsp3) is 0.154. The van der Waals surface area contributed by atoms with Crippen LogP contribution >= 0.6 is 11.6 Å². The van der Waals surface area contributed by atoms with E-state index in [0.717, 1.165) is 6.26 Å². The molecular weight excluding hydrogens is 303 g/mol. The van der Waals surface area contributed by atoms with Gasteiger partial charge in [-0.25, -0.2) is 17.8 Å². The number of aromatic nitrogens is 1. The molecule has 0 aliphatic rings. The fourth-order valence-corrected chi connectivity index (χ4v) is 2.33. The number of rotatable bonds is 4. The summed E-state index contributed by atoms with van der Waals surface area (Å²) in [6.07, 6.45) is 2.47. The van der Waals surface area contributed by atoms with Gasteiger partial charge in [0.15, 0.2) is 14.9 Å². The molecule has 0 bridgehead atoms. The van der Waals surface area contributed by atoms with E-state index in [1.807, 2.05) is 0 Å². The Bertz CT molecular complexity index is 718. The third-order valence-electron chi connectivity index (χ3n) is 2.61. The van der Waals surface area contributed by atoms with E-state index in [0.29, 0.717) is 16.3 Å². The zero-order chi connectivity index (χ0) is 14.8. The molecule has 20 heavy (non-hydrogen) atoms. The highest BCUT2D eigenvalue weighted by Crippen LogP contribution is 2.17. The monoisotopic (exact) mass is 314 g/mol. The Hall–Kier alpha value is -1.66. The van der Waals surface area contributed by atoms with Crippen molar-refractivity contribution in [2.75, 3.05) is 11.6 Å². The van der Waals surface area contributed by atoms with Gasteiger partial charge in [-0.05, 0) is 30.3 Å². The van der Waals surface area contributed by atoms with Crippen LogP contribution in [0.2, 0.25) is 5.02 Å². The molecule has 0 amide bonds. The van der Waals surface area contributed by atoms with E-state index in [4.69, 9.17) is 11.6 Å². The highest BCUT2D eigenvalue weighted by Gasteiger charge is 2.08. The molecule has 0 fully saturated rings. The molecule has 2 rings (SSSR count). The fourth-order valence-electron chi connectivity index (χ4n) is 1.58.